The average molecular weight is 507 g/mol. The molecule has 2 saturated heterocycles. The Kier molecular flexibility index (Phi) is 6.89. The highest BCUT2D eigenvalue weighted by molar-refractivity contribution is 8.18. The van der Waals surface area contributed by atoms with Crippen LogP contribution in [0.15, 0.2) is 40.4 Å². The van der Waals surface area contributed by atoms with Gasteiger partial charge in [-0.15, -0.1) is 0 Å². The zero-order valence-electron chi connectivity index (χ0n) is 20.7. The summed E-state index contributed by atoms with van der Waals surface area (Å²) in [6.07, 6.45) is 13.2. The van der Waals surface area contributed by atoms with E-state index >= 15 is 0 Å². The third kappa shape index (κ3) is 4.73. The van der Waals surface area contributed by atoms with E-state index in [9.17, 15) is 9.59 Å². The first-order chi connectivity index (χ1) is 17.7. The summed E-state index contributed by atoms with van der Waals surface area (Å²) >= 11 is 1.54. The van der Waals surface area contributed by atoms with E-state index in [1.807, 2.05) is 44.8 Å². The number of hydrogen-bond acceptors (Lipinski definition) is 5. The normalized spacial score (nSPS) is 24.3. The van der Waals surface area contributed by atoms with Crippen LogP contribution in [0.4, 0.5) is 0 Å². The van der Waals surface area contributed by atoms with Crippen molar-refractivity contribution in [3.8, 4) is 0 Å². The van der Waals surface area contributed by atoms with Gasteiger partial charge in [0.15, 0.2) is 5.17 Å². The van der Waals surface area contributed by atoms with Crippen molar-refractivity contribution in [2.24, 2.45) is 4.99 Å². The molecular weight excluding hydrogens is 472 g/mol. The predicted molar refractivity (Wildman–Crippen MR) is 144 cm³/mol. The summed E-state index contributed by atoms with van der Waals surface area (Å²) in [7, 11) is 0. The van der Waals surface area contributed by atoms with Crippen LogP contribution in [-0.4, -0.2) is 69.7 Å². The number of nitrogens with zero attached hydrogens (tertiary/aromatic N) is 4. The van der Waals surface area contributed by atoms with Crippen LogP contribution < -0.4 is 0 Å². The van der Waals surface area contributed by atoms with Crippen molar-refractivity contribution in [2.45, 2.75) is 70.0 Å². The topological polar surface area (TPSA) is 67.1 Å². The highest BCUT2D eigenvalue weighted by atomic mass is 32.2. The van der Waals surface area contributed by atoms with E-state index in [1.165, 1.54) is 37.4 Å². The van der Waals surface area contributed by atoms with Crippen LogP contribution in [0.1, 0.15) is 56.9 Å². The molecule has 1 aromatic carbocycles. The van der Waals surface area contributed by atoms with Crippen molar-refractivity contribution in [3.63, 3.8) is 0 Å². The lowest BCUT2D eigenvalue weighted by Gasteiger charge is -2.27. The number of aromatic nitrogens is 1. The van der Waals surface area contributed by atoms with Gasteiger partial charge in [0, 0.05) is 41.8 Å². The van der Waals surface area contributed by atoms with Crippen molar-refractivity contribution in [1.82, 2.24) is 14.4 Å². The summed E-state index contributed by atoms with van der Waals surface area (Å²) in [4.78, 5) is 36.3. The first-order valence-electron chi connectivity index (χ1n) is 13.4. The number of ether oxygens (including phenoxy) is 1. The van der Waals surface area contributed by atoms with Gasteiger partial charge in [-0.1, -0.05) is 43.9 Å². The fourth-order valence-electron chi connectivity index (χ4n) is 5.97. The lowest BCUT2D eigenvalue weighted by atomic mass is 10.1. The molecule has 1 aromatic heterocycles. The van der Waals surface area contributed by atoms with Gasteiger partial charge in [-0.3, -0.25) is 19.5 Å². The Morgan fingerprint density at radius 1 is 1.06 bits per heavy atom. The molecule has 7 nitrogen and oxygen atoms in total. The summed E-state index contributed by atoms with van der Waals surface area (Å²) in [5, 5.41) is 1.96. The molecule has 6 rings (SSSR count). The second-order valence-corrected chi connectivity index (χ2v) is 11.3. The molecule has 0 radical (unpaired) electrons. The van der Waals surface area contributed by atoms with Crippen LogP contribution >= 0.6 is 11.8 Å². The SMILES string of the molecule is O=C(Cn1cc(C=C2SC(=NC3CCCC3)N(C3CCCC3)C2=O)c2ccccc21)N1CCOCC1. The highest BCUT2D eigenvalue weighted by Gasteiger charge is 2.40. The van der Waals surface area contributed by atoms with Gasteiger partial charge in [-0.2, -0.15) is 0 Å². The van der Waals surface area contributed by atoms with E-state index in [2.05, 4.69) is 6.07 Å². The monoisotopic (exact) mass is 506 g/mol. The number of benzene rings is 1. The van der Waals surface area contributed by atoms with Gasteiger partial charge in [0.05, 0.1) is 24.2 Å². The first kappa shape index (κ1) is 23.8. The van der Waals surface area contributed by atoms with Gasteiger partial charge in [-0.05, 0) is 49.6 Å². The molecule has 2 aromatic rings. The Balaban J connectivity index is 1.31. The Labute approximate surface area is 216 Å². The van der Waals surface area contributed by atoms with Crippen molar-refractivity contribution < 1.29 is 14.3 Å². The van der Waals surface area contributed by atoms with Crippen LogP contribution in [0.2, 0.25) is 0 Å². The summed E-state index contributed by atoms with van der Waals surface area (Å²) in [6.45, 7) is 2.75. The van der Waals surface area contributed by atoms with Crippen molar-refractivity contribution >= 4 is 45.7 Å². The van der Waals surface area contributed by atoms with Gasteiger partial charge < -0.3 is 14.2 Å². The molecule has 0 spiro atoms. The van der Waals surface area contributed by atoms with Crippen molar-refractivity contribution in [2.75, 3.05) is 26.3 Å². The molecule has 0 atom stereocenters. The minimum absolute atomic E-state index is 0.0878. The molecule has 3 heterocycles. The highest BCUT2D eigenvalue weighted by Crippen LogP contribution is 2.39. The molecule has 36 heavy (non-hydrogen) atoms. The number of para-hydroxylation sites is 1. The second-order valence-electron chi connectivity index (χ2n) is 10.3. The molecule has 8 heteroatoms. The van der Waals surface area contributed by atoms with Crippen LogP contribution in [0.3, 0.4) is 0 Å². The number of carbonyl (C=O) groups excluding carboxylic acids is 2. The van der Waals surface area contributed by atoms with E-state index in [0.29, 0.717) is 32.3 Å². The van der Waals surface area contributed by atoms with Gasteiger partial charge >= 0.3 is 0 Å². The largest absolute Gasteiger partial charge is 0.378 e. The standard InChI is InChI=1S/C28H34N4O3S/c33-26(30-13-15-35-16-14-30)19-31-18-20(23-11-5-6-12-24(23)31)17-25-27(34)32(22-9-3-4-10-22)28(36-25)29-21-7-1-2-8-21/h5-6,11-12,17-18,21-22H,1-4,7-10,13-16,19H2. The smallest absolute Gasteiger partial charge is 0.267 e. The number of rotatable bonds is 5. The first-order valence-corrected chi connectivity index (χ1v) is 14.2. The lowest BCUT2D eigenvalue weighted by Crippen LogP contribution is -2.42. The van der Waals surface area contributed by atoms with Crippen molar-refractivity contribution in [3.05, 3.63) is 40.9 Å². The zero-order valence-corrected chi connectivity index (χ0v) is 21.5. The summed E-state index contributed by atoms with van der Waals surface area (Å²) in [5.41, 5.74) is 1.98. The molecule has 2 aliphatic carbocycles. The maximum atomic E-state index is 13.7. The maximum absolute atomic E-state index is 13.7. The molecular formula is C28H34N4O3S. The quantitative estimate of drug-likeness (QED) is 0.554. The Morgan fingerprint density at radius 3 is 2.56 bits per heavy atom. The molecule has 4 aliphatic rings. The molecule has 0 bridgehead atoms. The van der Waals surface area contributed by atoms with Gasteiger partial charge in [-0.25, -0.2) is 0 Å². The van der Waals surface area contributed by atoms with Gasteiger partial charge in [0.25, 0.3) is 5.91 Å². The third-order valence-electron chi connectivity index (χ3n) is 7.92. The van der Waals surface area contributed by atoms with E-state index in [0.717, 1.165) is 52.2 Å². The minimum atomic E-state index is 0.0878. The number of hydrogen-bond donors (Lipinski definition) is 0. The summed E-state index contributed by atoms with van der Waals surface area (Å²) in [6, 6.07) is 8.74. The van der Waals surface area contributed by atoms with Crippen LogP contribution in [0.5, 0.6) is 0 Å². The van der Waals surface area contributed by atoms with Crippen LogP contribution in [0, 0.1) is 0 Å². The maximum Gasteiger partial charge on any atom is 0.267 e. The molecule has 2 amide bonds. The van der Waals surface area contributed by atoms with E-state index in [-0.39, 0.29) is 24.4 Å². The van der Waals surface area contributed by atoms with Crippen LogP contribution in [-0.2, 0) is 20.9 Å². The molecule has 2 aliphatic heterocycles. The van der Waals surface area contributed by atoms with E-state index < -0.39 is 0 Å². The summed E-state index contributed by atoms with van der Waals surface area (Å²) < 4.78 is 7.42. The van der Waals surface area contributed by atoms with Gasteiger partial charge in [0.2, 0.25) is 5.91 Å². The number of fused-ring (bicyclic) bond motifs is 1. The Bertz CT molecular complexity index is 1200. The van der Waals surface area contributed by atoms with Gasteiger partial charge in [0.1, 0.15) is 6.54 Å². The molecule has 4 fully saturated rings. The lowest BCUT2D eigenvalue weighted by molar-refractivity contribution is -0.135. The van der Waals surface area contributed by atoms with Crippen molar-refractivity contribution in [1.29, 1.82) is 0 Å². The predicted octanol–water partition coefficient (Wildman–Crippen LogP) is 4.66. The molecule has 2 saturated carbocycles. The number of amides is 2. The second kappa shape index (κ2) is 10.4. The van der Waals surface area contributed by atoms with Crippen LogP contribution in [0.25, 0.3) is 17.0 Å². The number of morpholine rings is 1. The minimum Gasteiger partial charge on any atom is -0.378 e. The fraction of sp³-hybridized carbons (Fsp3) is 0.536. The number of thioether (sulfide) groups is 1. The molecule has 190 valence electrons. The number of aliphatic imine (C=N–C) groups is 1. The fourth-order valence-corrected chi connectivity index (χ4v) is 7.07. The molecule has 0 N–H and O–H groups in total. The Morgan fingerprint density at radius 2 is 1.78 bits per heavy atom. The number of carbonyl (C=O) groups is 2. The van der Waals surface area contributed by atoms with E-state index in [1.54, 1.807) is 0 Å². The van der Waals surface area contributed by atoms with E-state index in [4.69, 9.17) is 9.73 Å². The zero-order chi connectivity index (χ0) is 24.5. The number of amidine groups is 1. The average Bonchev–Trinajstić information content (AvgIpc) is 3.70. The molecule has 0 unspecified atom stereocenters. The Hall–Kier alpha value is -2.58. The summed E-state index contributed by atoms with van der Waals surface area (Å²) in [5.74, 6) is 0.188. The third-order valence-corrected chi connectivity index (χ3v) is 8.92.